The average molecular weight is 296 g/mol. The number of hydrogen-bond donors (Lipinski definition) is 0. The van der Waals surface area contributed by atoms with Crippen LogP contribution in [0.4, 0.5) is 5.69 Å². The highest BCUT2D eigenvalue weighted by atomic mass is 16.6. The van der Waals surface area contributed by atoms with Crippen molar-refractivity contribution < 1.29 is 4.92 Å². The summed E-state index contributed by atoms with van der Waals surface area (Å²) in [6.45, 7) is 4.56. The summed E-state index contributed by atoms with van der Waals surface area (Å²) in [7, 11) is 0. The van der Waals surface area contributed by atoms with Crippen molar-refractivity contribution >= 4 is 5.69 Å². The van der Waals surface area contributed by atoms with Crippen LogP contribution in [0.1, 0.15) is 29.7 Å². The van der Waals surface area contributed by atoms with Crippen molar-refractivity contribution in [2.24, 2.45) is 0 Å². The van der Waals surface area contributed by atoms with E-state index in [1.165, 1.54) is 11.1 Å². The predicted octanol–water partition coefficient (Wildman–Crippen LogP) is 3.76. The zero-order valence-electron chi connectivity index (χ0n) is 12.9. The Hall–Kier alpha value is -2.36. The molecule has 0 bridgehead atoms. The van der Waals surface area contributed by atoms with E-state index in [4.69, 9.17) is 0 Å². The van der Waals surface area contributed by atoms with Crippen molar-refractivity contribution in [3.63, 3.8) is 0 Å². The van der Waals surface area contributed by atoms with Crippen LogP contribution in [0.25, 0.3) is 0 Å². The Balaban J connectivity index is 2.08. The van der Waals surface area contributed by atoms with E-state index in [2.05, 4.69) is 17.0 Å². The molecule has 2 aromatic carbocycles. The van der Waals surface area contributed by atoms with Gasteiger partial charge in [-0.3, -0.25) is 10.1 Å². The molecule has 0 amide bonds. The maximum atomic E-state index is 11.4. The fourth-order valence-corrected chi connectivity index (χ4v) is 3.33. The molecule has 2 atom stereocenters. The van der Waals surface area contributed by atoms with Gasteiger partial charge in [0.15, 0.2) is 0 Å². The first kappa shape index (κ1) is 14.6. The van der Waals surface area contributed by atoms with E-state index in [0.29, 0.717) is 0 Å². The summed E-state index contributed by atoms with van der Waals surface area (Å²) < 4.78 is 0. The van der Waals surface area contributed by atoms with E-state index in [-0.39, 0.29) is 11.0 Å². The van der Waals surface area contributed by atoms with Crippen LogP contribution in [-0.4, -0.2) is 17.5 Å². The maximum Gasteiger partial charge on any atom is 0.234 e. The molecule has 0 spiro atoms. The van der Waals surface area contributed by atoms with Crippen LogP contribution in [-0.2, 0) is 6.42 Å². The Morgan fingerprint density at radius 3 is 2.73 bits per heavy atom. The number of nitrogens with zero attached hydrogens (tertiary/aromatic N) is 2. The number of anilines is 1. The van der Waals surface area contributed by atoms with Gasteiger partial charge in [0.25, 0.3) is 0 Å². The van der Waals surface area contributed by atoms with Crippen molar-refractivity contribution in [1.29, 1.82) is 0 Å². The first-order valence-corrected chi connectivity index (χ1v) is 7.62. The topological polar surface area (TPSA) is 46.4 Å². The van der Waals surface area contributed by atoms with Gasteiger partial charge in [-0.1, -0.05) is 36.4 Å². The molecule has 0 N–H and O–H groups in total. The molecule has 0 fully saturated rings. The number of rotatable bonds is 3. The minimum Gasteiger partial charge on any atom is -0.358 e. The van der Waals surface area contributed by atoms with Gasteiger partial charge >= 0.3 is 0 Å². The molecule has 2 aromatic rings. The Kier molecular flexibility index (Phi) is 3.84. The lowest BCUT2D eigenvalue weighted by Crippen LogP contribution is -2.43. The van der Waals surface area contributed by atoms with E-state index < -0.39 is 6.04 Å². The van der Waals surface area contributed by atoms with Crippen LogP contribution in [0.3, 0.4) is 0 Å². The molecule has 1 aliphatic rings. The molecule has 0 aromatic heterocycles. The predicted molar refractivity (Wildman–Crippen MR) is 87.9 cm³/mol. The fraction of sp³-hybridized carbons (Fsp3) is 0.333. The van der Waals surface area contributed by atoms with E-state index in [9.17, 15) is 10.1 Å². The molecule has 1 aliphatic heterocycles. The van der Waals surface area contributed by atoms with Gasteiger partial charge in [-0.2, -0.15) is 0 Å². The third-order valence-corrected chi connectivity index (χ3v) is 4.45. The highest BCUT2D eigenvalue weighted by Crippen LogP contribution is 2.36. The summed E-state index contributed by atoms with van der Waals surface area (Å²) in [6.07, 6.45) is 0.922. The molecule has 114 valence electrons. The minimum atomic E-state index is -0.651. The molecular weight excluding hydrogens is 276 g/mol. The van der Waals surface area contributed by atoms with E-state index in [1.54, 1.807) is 6.92 Å². The third kappa shape index (κ3) is 2.56. The Bertz CT molecular complexity index is 699. The van der Waals surface area contributed by atoms with Gasteiger partial charge in [-0.25, -0.2) is 0 Å². The number of hydrogen-bond acceptors (Lipinski definition) is 3. The SMILES string of the molecule is Cc1cccc(N2CCc3ccccc3[C@@H]2C(C)[N+](=O)[O-])c1. The zero-order valence-corrected chi connectivity index (χ0v) is 12.9. The normalized spacial score (nSPS) is 18.6. The lowest BCUT2D eigenvalue weighted by Gasteiger charge is -2.39. The maximum absolute atomic E-state index is 11.4. The summed E-state index contributed by atoms with van der Waals surface area (Å²) in [5.41, 5.74) is 4.54. The number of aryl methyl sites for hydroxylation is 1. The van der Waals surface area contributed by atoms with Crippen molar-refractivity contribution in [2.75, 3.05) is 11.4 Å². The summed E-state index contributed by atoms with van der Waals surface area (Å²) in [6, 6.07) is 15.4. The van der Waals surface area contributed by atoms with Crippen molar-refractivity contribution in [3.05, 3.63) is 75.3 Å². The Morgan fingerprint density at radius 2 is 2.00 bits per heavy atom. The molecular formula is C18H20N2O2. The summed E-state index contributed by atoms with van der Waals surface area (Å²) in [5, 5.41) is 11.4. The van der Waals surface area contributed by atoms with Crippen molar-refractivity contribution in [1.82, 2.24) is 0 Å². The molecule has 1 heterocycles. The smallest absolute Gasteiger partial charge is 0.234 e. The standard InChI is InChI=1S/C18H20N2O2/c1-13-6-5-8-16(12-13)19-11-10-15-7-3-4-9-17(15)18(19)14(2)20(21)22/h3-9,12,14,18H,10-11H2,1-2H3/t14?,18-/m0/s1. The highest BCUT2D eigenvalue weighted by molar-refractivity contribution is 5.54. The van der Waals surface area contributed by atoms with Gasteiger partial charge < -0.3 is 4.90 Å². The molecule has 1 unspecified atom stereocenters. The lowest BCUT2D eigenvalue weighted by atomic mass is 9.88. The van der Waals surface area contributed by atoms with Gasteiger partial charge in [-0.05, 0) is 42.2 Å². The lowest BCUT2D eigenvalue weighted by molar-refractivity contribution is -0.522. The van der Waals surface area contributed by atoms with Crippen LogP contribution < -0.4 is 4.90 Å². The Morgan fingerprint density at radius 1 is 1.23 bits per heavy atom. The molecule has 0 saturated carbocycles. The second-order valence-corrected chi connectivity index (χ2v) is 5.95. The van der Waals surface area contributed by atoms with Gasteiger partial charge in [0.2, 0.25) is 6.04 Å². The van der Waals surface area contributed by atoms with Crippen LogP contribution >= 0.6 is 0 Å². The van der Waals surface area contributed by atoms with Crippen LogP contribution in [0.2, 0.25) is 0 Å². The van der Waals surface area contributed by atoms with E-state index >= 15 is 0 Å². The van der Waals surface area contributed by atoms with Crippen LogP contribution in [0.5, 0.6) is 0 Å². The molecule has 3 rings (SSSR count). The zero-order chi connectivity index (χ0) is 15.7. The van der Waals surface area contributed by atoms with Crippen LogP contribution in [0, 0.1) is 17.0 Å². The summed E-state index contributed by atoms with van der Waals surface area (Å²) in [4.78, 5) is 13.4. The highest BCUT2D eigenvalue weighted by Gasteiger charge is 2.37. The molecule has 0 aliphatic carbocycles. The monoisotopic (exact) mass is 296 g/mol. The second-order valence-electron chi connectivity index (χ2n) is 5.95. The van der Waals surface area contributed by atoms with Crippen LogP contribution in [0.15, 0.2) is 48.5 Å². The fourth-order valence-electron chi connectivity index (χ4n) is 3.33. The quantitative estimate of drug-likeness (QED) is 0.640. The number of fused-ring (bicyclic) bond motifs is 1. The summed E-state index contributed by atoms with van der Waals surface area (Å²) in [5.74, 6) is 0. The van der Waals surface area contributed by atoms with Crippen molar-refractivity contribution in [2.45, 2.75) is 32.4 Å². The molecule has 0 radical (unpaired) electrons. The second kappa shape index (κ2) is 5.79. The molecule has 0 saturated heterocycles. The number of nitro groups is 1. The average Bonchev–Trinajstić information content (AvgIpc) is 2.53. The van der Waals surface area contributed by atoms with E-state index in [1.807, 2.05) is 43.3 Å². The minimum absolute atomic E-state index is 0.171. The van der Waals surface area contributed by atoms with Gasteiger partial charge in [0.05, 0.1) is 0 Å². The van der Waals surface area contributed by atoms with Gasteiger partial charge in [0.1, 0.15) is 6.04 Å². The first-order chi connectivity index (χ1) is 10.6. The first-order valence-electron chi connectivity index (χ1n) is 7.62. The number of benzene rings is 2. The Labute approximate surface area is 130 Å². The van der Waals surface area contributed by atoms with Gasteiger partial charge in [0, 0.05) is 24.1 Å². The van der Waals surface area contributed by atoms with Crippen molar-refractivity contribution in [3.8, 4) is 0 Å². The van der Waals surface area contributed by atoms with Gasteiger partial charge in [-0.15, -0.1) is 0 Å². The molecule has 22 heavy (non-hydrogen) atoms. The largest absolute Gasteiger partial charge is 0.358 e. The third-order valence-electron chi connectivity index (χ3n) is 4.45. The van der Waals surface area contributed by atoms with E-state index in [0.717, 1.165) is 24.2 Å². The molecule has 4 heteroatoms. The molecule has 4 nitrogen and oxygen atoms in total. The summed E-state index contributed by atoms with van der Waals surface area (Å²) >= 11 is 0.